The predicted molar refractivity (Wildman–Crippen MR) is 86.8 cm³/mol. The number of carbonyl (C=O) groups is 1. The largest absolute Gasteiger partial charge is 0.273 e. The Hall–Kier alpha value is -2.01. The molecule has 1 heterocycles. The highest BCUT2D eigenvalue weighted by Crippen LogP contribution is 2.12. The van der Waals surface area contributed by atoms with E-state index in [-0.39, 0.29) is 12.3 Å². The monoisotopic (exact) mass is 301 g/mol. The zero-order valence-electron chi connectivity index (χ0n) is 12.7. The standard InChI is InChI=1S/C16H19N3OS/c1-10-5-6-11(2)14(7-10)13(4)18-19-15(20)8-16-17-12(3)9-21-16/h5-7,9H,8H2,1-4H3,(H,19,20)/b18-13-. The van der Waals surface area contributed by atoms with Gasteiger partial charge in [-0.05, 0) is 39.3 Å². The SMILES string of the molecule is C/C(=N/NC(=O)Cc1nc(C)cs1)c1cc(C)ccc1C. The number of amides is 1. The normalized spacial score (nSPS) is 11.5. The van der Waals surface area contributed by atoms with E-state index in [4.69, 9.17) is 0 Å². The fourth-order valence-corrected chi connectivity index (χ4v) is 2.76. The van der Waals surface area contributed by atoms with Crippen molar-refractivity contribution in [1.29, 1.82) is 0 Å². The Kier molecular flexibility index (Phi) is 4.85. The van der Waals surface area contributed by atoms with E-state index in [2.05, 4.69) is 33.7 Å². The van der Waals surface area contributed by atoms with Gasteiger partial charge in [-0.3, -0.25) is 4.79 Å². The van der Waals surface area contributed by atoms with E-state index in [1.165, 1.54) is 16.9 Å². The summed E-state index contributed by atoms with van der Waals surface area (Å²) < 4.78 is 0. The first-order chi connectivity index (χ1) is 9.95. The van der Waals surface area contributed by atoms with Gasteiger partial charge >= 0.3 is 0 Å². The average molecular weight is 301 g/mol. The first-order valence-corrected chi connectivity index (χ1v) is 7.65. The molecule has 1 aromatic heterocycles. The second kappa shape index (κ2) is 6.63. The summed E-state index contributed by atoms with van der Waals surface area (Å²) in [7, 11) is 0. The number of hydrogen-bond acceptors (Lipinski definition) is 4. The van der Waals surface area contributed by atoms with Gasteiger partial charge < -0.3 is 0 Å². The van der Waals surface area contributed by atoms with Crippen LogP contribution in [0.4, 0.5) is 0 Å². The fourth-order valence-electron chi connectivity index (χ4n) is 1.99. The van der Waals surface area contributed by atoms with Crippen LogP contribution in [0.1, 0.15) is 34.3 Å². The van der Waals surface area contributed by atoms with Gasteiger partial charge in [0.15, 0.2) is 0 Å². The number of nitrogens with zero attached hydrogens (tertiary/aromatic N) is 2. The Bertz CT molecular complexity index is 689. The molecule has 0 saturated carbocycles. The maximum absolute atomic E-state index is 11.9. The van der Waals surface area contributed by atoms with Gasteiger partial charge in [-0.2, -0.15) is 5.10 Å². The third-order valence-electron chi connectivity index (χ3n) is 3.11. The minimum Gasteiger partial charge on any atom is -0.273 e. The van der Waals surface area contributed by atoms with Crippen LogP contribution in [0, 0.1) is 20.8 Å². The Balaban J connectivity index is 2.02. The van der Waals surface area contributed by atoms with Crippen LogP contribution in [0.3, 0.4) is 0 Å². The van der Waals surface area contributed by atoms with Crippen LogP contribution in [0.15, 0.2) is 28.7 Å². The van der Waals surface area contributed by atoms with Crippen LogP contribution in [-0.2, 0) is 11.2 Å². The lowest BCUT2D eigenvalue weighted by atomic mass is 10.0. The number of hydrogen-bond donors (Lipinski definition) is 1. The Morgan fingerprint density at radius 1 is 1.33 bits per heavy atom. The summed E-state index contributed by atoms with van der Waals surface area (Å²) in [6.07, 6.45) is 0.266. The van der Waals surface area contributed by atoms with Crippen LogP contribution in [0.5, 0.6) is 0 Å². The minimum absolute atomic E-state index is 0.144. The number of carbonyl (C=O) groups excluding carboxylic acids is 1. The van der Waals surface area contributed by atoms with Gasteiger partial charge in [0.25, 0.3) is 0 Å². The van der Waals surface area contributed by atoms with Gasteiger partial charge in [0.1, 0.15) is 5.01 Å². The summed E-state index contributed by atoms with van der Waals surface area (Å²) in [4.78, 5) is 16.1. The maximum Gasteiger partial charge on any atom is 0.246 e. The summed E-state index contributed by atoms with van der Waals surface area (Å²) in [5.41, 5.74) is 7.73. The fraction of sp³-hybridized carbons (Fsp3) is 0.312. The molecule has 0 atom stereocenters. The maximum atomic E-state index is 11.9. The molecule has 0 radical (unpaired) electrons. The number of benzene rings is 1. The number of rotatable bonds is 4. The molecule has 0 aliphatic carbocycles. The first-order valence-electron chi connectivity index (χ1n) is 6.77. The molecule has 0 spiro atoms. The number of aryl methyl sites for hydroxylation is 3. The van der Waals surface area contributed by atoms with Gasteiger partial charge in [-0.1, -0.05) is 17.7 Å². The minimum atomic E-state index is -0.144. The lowest BCUT2D eigenvalue weighted by Gasteiger charge is -2.07. The van der Waals surface area contributed by atoms with Crippen LogP contribution in [0.25, 0.3) is 0 Å². The van der Waals surface area contributed by atoms with Gasteiger partial charge in [0, 0.05) is 16.6 Å². The summed E-state index contributed by atoms with van der Waals surface area (Å²) in [6.45, 7) is 7.89. The quantitative estimate of drug-likeness (QED) is 0.696. The molecule has 0 aliphatic heterocycles. The highest BCUT2D eigenvalue weighted by Gasteiger charge is 2.07. The first kappa shape index (κ1) is 15.4. The summed E-state index contributed by atoms with van der Waals surface area (Å²) in [5.74, 6) is -0.144. The van der Waals surface area contributed by atoms with E-state index in [1.54, 1.807) is 0 Å². The van der Waals surface area contributed by atoms with Crippen molar-refractivity contribution in [3.63, 3.8) is 0 Å². The molecular weight excluding hydrogens is 282 g/mol. The molecule has 110 valence electrons. The van der Waals surface area contributed by atoms with Gasteiger partial charge in [-0.25, -0.2) is 10.4 Å². The number of hydrazone groups is 1. The van der Waals surface area contributed by atoms with Crippen molar-refractivity contribution in [2.75, 3.05) is 0 Å². The molecule has 2 rings (SSSR count). The molecule has 4 nitrogen and oxygen atoms in total. The molecule has 1 amide bonds. The highest BCUT2D eigenvalue weighted by atomic mass is 32.1. The summed E-state index contributed by atoms with van der Waals surface area (Å²) >= 11 is 1.49. The van der Waals surface area contributed by atoms with Crippen LogP contribution in [0.2, 0.25) is 0 Å². The van der Waals surface area contributed by atoms with Crippen molar-refractivity contribution in [3.8, 4) is 0 Å². The lowest BCUT2D eigenvalue weighted by molar-refractivity contribution is -0.120. The Labute approximate surface area is 128 Å². The molecule has 5 heteroatoms. The topological polar surface area (TPSA) is 54.4 Å². The van der Waals surface area contributed by atoms with E-state index in [0.29, 0.717) is 0 Å². The van der Waals surface area contributed by atoms with Gasteiger partial charge in [-0.15, -0.1) is 11.3 Å². The molecule has 21 heavy (non-hydrogen) atoms. The Morgan fingerprint density at radius 2 is 2.10 bits per heavy atom. The van der Waals surface area contributed by atoms with Gasteiger partial charge in [0.2, 0.25) is 5.91 Å². The smallest absolute Gasteiger partial charge is 0.246 e. The molecule has 1 aromatic carbocycles. The molecular formula is C16H19N3OS. The molecule has 0 saturated heterocycles. The zero-order chi connectivity index (χ0) is 15.4. The van der Waals surface area contributed by atoms with Crippen LogP contribution < -0.4 is 5.43 Å². The molecule has 0 unspecified atom stereocenters. The van der Waals surface area contributed by atoms with E-state index < -0.39 is 0 Å². The van der Waals surface area contributed by atoms with E-state index in [9.17, 15) is 4.79 Å². The van der Waals surface area contributed by atoms with E-state index in [0.717, 1.165) is 27.5 Å². The van der Waals surface area contributed by atoms with Crippen molar-refractivity contribution in [2.24, 2.45) is 5.10 Å². The predicted octanol–water partition coefficient (Wildman–Crippen LogP) is 3.15. The van der Waals surface area contributed by atoms with Crippen molar-refractivity contribution < 1.29 is 4.79 Å². The zero-order valence-corrected chi connectivity index (χ0v) is 13.5. The second-order valence-electron chi connectivity index (χ2n) is 5.11. The van der Waals surface area contributed by atoms with Crippen LogP contribution >= 0.6 is 11.3 Å². The highest BCUT2D eigenvalue weighted by molar-refractivity contribution is 7.09. The summed E-state index contributed by atoms with van der Waals surface area (Å²) in [6, 6.07) is 6.20. The Morgan fingerprint density at radius 3 is 2.76 bits per heavy atom. The number of aromatic nitrogens is 1. The van der Waals surface area contributed by atoms with Crippen LogP contribution in [-0.4, -0.2) is 16.6 Å². The van der Waals surface area contributed by atoms with E-state index >= 15 is 0 Å². The molecule has 1 N–H and O–H groups in total. The molecule has 0 bridgehead atoms. The number of thiazole rings is 1. The third kappa shape index (κ3) is 4.23. The molecule has 0 aliphatic rings. The van der Waals surface area contributed by atoms with Crippen molar-refractivity contribution >= 4 is 23.0 Å². The van der Waals surface area contributed by atoms with Crippen molar-refractivity contribution in [2.45, 2.75) is 34.1 Å². The molecule has 2 aromatic rings. The van der Waals surface area contributed by atoms with E-state index in [1.807, 2.05) is 33.1 Å². The number of nitrogens with one attached hydrogen (secondary N) is 1. The summed E-state index contributed by atoms with van der Waals surface area (Å²) in [5, 5.41) is 6.94. The van der Waals surface area contributed by atoms with Gasteiger partial charge in [0.05, 0.1) is 12.1 Å². The van der Waals surface area contributed by atoms with Crippen molar-refractivity contribution in [3.05, 3.63) is 51.0 Å². The lowest BCUT2D eigenvalue weighted by Crippen LogP contribution is -2.21. The molecule has 0 fully saturated rings. The second-order valence-corrected chi connectivity index (χ2v) is 6.05. The average Bonchev–Trinajstić information content (AvgIpc) is 2.84. The van der Waals surface area contributed by atoms with Crippen molar-refractivity contribution in [1.82, 2.24) is 10.4 Å². The third-order valence-corrected chi connectivity index (χ3v) is 4.08.